The maximum absolute atomic E-state index is 10.4. The minimum atomic E-state index is -0.169. The summed E-state index contributed by atoms with van der Waals surface area (Å²) in [5.41, 5.74) is 5.28. The van der Waals surface area contributed by atoms with E-state index in [-0.39, 0.29) is 17.4 Å². The Kier molecular flexibility index (Phi) is 5.54. The number of aromatic hydroxyl groups is 2. The summed E-state index contributed by atoms with van der Waals surface area (Å²) in [5.74, 6) is 1.78. The zero-order chi connectivity index (χ0) is 25.5. The van der Waals surface area contributed by atoms with E-state index in [9.17, 15) is 10.2 Å². The number of rotatable bonds is 4. The molecule has 37 heavy (non-hydrogen) atoms. The average molecular weight is 483 g/mol. The molecule has 180 valence electrons. The molecular weight excluding hydrogens is 456 g/mol. The van der Waals surface area contributed by atoms with Crippen LogP contribution in [0.1, 0.15) is 35.1 Å². The average Bonchev–Trinajstić information content (AvgIpc) is 2.91. The van der Waals surface area contributed by atoms with Crippen LogP contribution in [0.4, 0.5) is 0 Å². The van der Waals surface area contributed by atoms with E-state index >= 15 is 0 Å². The SMILES string of the molecule is C=C/C=C(\C=C/C)c1ccc(C2c3c(ccc4ccc(O)cc34)Oc3ccc4ccc(O)cc4c32)cc1. The monoisotopic (exact) mass is 482 g/mol. The Morgan fingerprint density at radius 2 is 1.30 bits per heavy atom. The molecule has 0 fully saturated rings. The Morgan fingerprint density at radius 1 is 0.757 bits per heavy atom. The van der Waals surface area contributed by atoms with Gasteiger partial charge in [-0.3, -0.25) is 0 Å². The molecule has 0 aromatic heterocycles. The lowest BCUT2D eigenvalue weighted by Gasteiger charge is -2.31. The lowest BCUT2D eigenvalue weighted by molar-refractivity contribution is 0.455. The number of phenols is 2. The summed E-state index contributed by atoms with van der Waals surface area (Å²) in [6.45, 7) is 5.86. The molecule has 0 bridgehead atoms. The summed E-state index contributed by atoms with van der Waals surface area (Å²) in [5, 5.41) is 24.7. The van der Waals surface area contributed by atoms with Gasteiger partial charge in [0.2, 0.25) is 0 Å². The van der Waals surface area contributed by atoms with Crippen LogP contribution >= 0.6 is 0 Å². The molecule has 5 aromatic carbocycles. The maximum atomic E-state index is 10.4. The van der Waals surface area contributed by atoms with Crippen LogP contribution in [0.2, 0.25) is 0 Å². The van der Waals surface area contributed by atoms with Crippen LogP contribution in [0.5, 0.6) is 23.0 Å². The Balaban J connectivity index is 1.65. The fourth-order valence-electron chi connectivity index (χ4n) is 5.41. The van der Waals surface area contributed by atoms with Crippen LogP contribution < -0.4 is 4.74 Å². The van der Waals surface area contributed by atoms with Crippen molar-refractivity contribution in [2.75, 3.05) is 0 Å². The summed E-state index contributed by atoms with van der Waals surface area (Å²) in [4.78, 5) is 0. The molecule has 1 heterocycles. The van der Waals surface area contributed by atoms with Gasteiger partial charge in [-0.05, 0) is 81.6 Å². The maximum Gasteiger partial charge on any atom is 0.132 e. The van der Waals surface area contributed by atoms with E-state index < -0.39 is 0 Å². The Morgan fingerprint density at radius 3 is 1.81 bits per heavy atom. The Labute approximate surface area is 215 Å². The Hall–Kier alpha value is -4.76. The largest absolute Gasteiger partial charge is 0.508 e. The van der Waals surface area contributed by atoms with Crippen molar-refractivity contribution < 1.29 is 14.9 Å². The van der Waals surface area contributed by atoms with Gasteiger partial charge in [-0.15, -0.1) is 0 Å². The molecule has 3 nitrogen and oxygen atoms in total. The van der Waals surface area contributed by atoms with Gasteiger partial charge < -0.3 is 14.9 Å². The zero-order valence-electron chi connectivity index (χ0n) is 20.5. The van der Waals surface area contributed by atoms with Crippen molar-refractivity contribution in [3.05, 3.63) is 138 Å². The lowest BCUT2D eigenvalue weighted by Crippen LogP contribution is -2.13. The first kappa shape index (κ1) is 22.7. The molecule has 0 spiro atoms. The molecule has 5 aromatic rings. The molecule has 3 heteroatoms. The fourth-order valence-corrected chi connectivity index (χ4v) is 5.41. The van der Waals surface area contributed by atoms with Gasteiger partial charge in [0, 0.05) is 17.0 Å². The molecule has 1 aliphatic rings. The molecular formula is C34H26O3. The first-order chi connectivity index (χ1) is 18.1. The van der Waals surface area contributed by atoms with Crippen LogP contribution in [0.25, 0.3) is 27.1 Å². The van der Waals surface area contributed by atoms with Crippen LogP contribution in [0.3, 0.4) is 0 Å². The van der Waals surface area contributed by atoms with Crippen molar-refractivity contribution in [3.8, 4) is 23.0 Å². The van der Waals surface area contributed by atoms with E-state index in [4.69, 9.17) is 4.74 Å². The van der Waals surface area contributed by atoms with Gasteiger partial charge in [0.1, 0.15) is 23.0 Å². The number of fused-ring (bicyclic) bond motifs is 6. The zero-order valence-corrected chi connectivity index (χ0v) is 20.5. The van der Waals surface area contributed by atoms with Gasteiger partial charge in [0.25, 0.3) is 0 Å². The summed E-state index contributed by atoms with van der Waals surface area (Å²) >= 11 is 0. The van der Waals surface area contributed by atoms with Crippen molar-refractivity contribution >= 4 is 27.1 Å². The number of benzene rings is 5. The van der Waals surface area contributed by atoms with Gasteiger partial charge in [-0.25, -0.2) is 0 Å². The quantitative estimate of drug-likeness (QED) is 0.247. The van der Waals surface area contributed by atoms with Crippen molar-refractivity contribution in [1.29, 1.82) is 0 Å². The molecule has 0 unspecified atom stereocenters. The van der Waals surface area contributed by atoms with Crippen molar-refractivity contribution in [1.82, 2.24) is 0 Å². The first-order valence-corrected chi connectivity index (χ1v) is 12.3. The summed E-state index contributed by atoms with van der Waals surface area (Å²) in [7, 11) is 0. The third-order valence-corrected chi connectivity index (χ3v) is 7.03. The van der Waals surface area contributed by atoms with Gasteiger partial charge >= 0.3 is 0 Å². The van der Waals surface area contributed by atoms with Crippen molar-refractivity contribution in [2.45, 2.75) is 12.8 Å². The molecule has 0 aliphatic carbocycles. The number of ether oxygens (including phenoxy) is 1. The minimum Gasteiger partial charge on any atom is -0.508 e. The second-order valence-corrected chi connectivity index (χ2v) is 9.28. The third kappa shape index (κ3) is 3.85. The van der Waals surface area contributed by atoms with Gasteiger partial charge in [-0.2, -0.15) is 0 Å². The highest BCUT2D eigenvalue weighted by Crippen LogP contribution is 2.52. The van der Waals surface area contributed by atoms with E-state index in [2.05, 4.69) is 36.9 Å². The fraction of sp³-hybridized carbons (Fsp3) is 0.0588. The highest BCUT2D eigenvalue weighted by Gasteiger charge is 2.32. The molecule has 0 amide bonds. The number of hydrogen-bond acceptors (Lipinski definition) is 3. The van der Waals surface area contributed by atoms with E-state index in [0.29, 0.717) is 0 Å². The van der Waals surface area contributed by atoms with Crippen molar-refractivity contribution in [3.63, 3.8) is 0 Å². The summed E-state index contributed by atoms with van der Waals surface area (Å²) in [6, 6.07) is 27.5. The normalized spacial score (nSPS) is 13.5. The summed E-state index contributed by atoms with van der Waals surface area (Å²) < 4.78 is 6.46. The van der Waals surface area contributed by atoms with Crippen LogP contribution in [0, 0.1) is 0 Å². The second kappa shape index (κ2) is 9.03. The molecule has 0 saturated heterocycles. The van der Waals surface area contributed by atoms with E-state index in [1.165, 1.54) is 0 Å². The second-order valence-electron chi connectivity index (χ2n) is 9.28. The standard InChI is InChI=1S/C34H26O3/c1-3-5-21(6-4-2)22-7-9-25(10-8-22)32-33-28-19-26(35)15-11-23(28)13-17-30(33)37-31-18-14-24-12-16-27(36)20-29(24)34(31)32/h3-20,32,35-36H,1H2,2H3/b6-4-,21-5+. The molecule has 1 aliphatic heterocycles. The van der Waals surface area contributed by atoms with Crippen LogP contribution in [-0.2, 0) is 0 Å². The predicted octanol–water partition coefficient (Wildman–Crippen LogP) is 8.84. The molecule has 0 atom stereocenters. The van der Waals surface area contributed by atoms with Crippen molar-refractivity contribution in [2.24, 2.45) is 0 Å². The molecule has 2 N–H and O–H groups in total. The predicted molar refractivity (Wildman–Crippen MR) is 152 cm³/mol. The Bertz CT molecular complexity index is 1650. The molecule has 0 radical (unpaired) electrons. The van der Waals surface area contributed by atoms with E-state index in [0.717, 1.165) is 60.9 Å². The number of allylic oxidation sites excluding steroid dienone is 5. The first-order valence-electron chi connectivity index (χ1n) is 12.3. The lowest BCUT2D eigenvalue weighted by atomic mass is 9.78. The van der Waals surface area contributed by atoms with Crippen LogP contribution in [-0.4, -0.2) is 10.2 Å². The highest BCUT2D eigenvalue weighted by atomic mass is 16.5. The van der Waals surface area contributed by atoms with Gasteiger partial charge in [0.15, 0.2) is 0 Å². The topological polar surface area (TPSA) is 49.7 Å². The van der Waals surface area contributed by atoms with Gasteiger partial charge in [0.05, 0.1) is 0 Å². The highest BCUT2D eigenvalue weighted by molar-refractivity contribution is 5.96. The molecule has 6 rings (SSSR count). The minimum absolute atomic E-state index is 0.169. The number of hydrogen-bond donors (Lipinski definition) is 2. The van der Waals surface area contributed by atoms with E-state index in [1.807, 2.05) is 67.6 Å². The third-order valence-electron chi connectivity index (χ3n) is 7.03. The smallest absolute Gasteiger partial charge is 0.132 e. The number of phenolic OH excluding ortho intramolecular Hbond substituents is 2. The van der Waals surface area contributed by atoms with Gasteiger partial charge in [-0.1, -0.05) is 79.4 Å². The summed E-state index contributed by atoms with van der Waals surface area (Å²) in [6.07, 6.45) is 7.89. The van der Waals surface area contributed by atoms with Crippen LogP contribution in [0.15, 0.2) is 116 Å². The molecule has 0 saturated carbocycles. The van der Waals surface area contributed by atoms with E-state index in [1.54, 1.807) is 18.2 Å².